The Kier molecular flexibility index (Phi) is 9.25. The quantitative estimate of drug-likeness (QED) is 0.288. The minimum atomic E-state index is -0.648. The highest BCUT2D eigenvalue weighted by atomic mass is 32.1. The molecule has 0 aliphatic rings. The SMILES string of the molecule is CCOC(=O)c1sc(N(Cc2ccccc2)C(=O)COC(=O)CCC(=O)c2ccccc2)nc1C. The van der Waals surface area contributed by atoms with Gasteiger partial charge in [0.1, 0.15) is 4.88 Å². The van der Waals surface area contributed by atoms with Gasteiger partial charge in [-0.05, 0) is 19.4 Å². The molecule has 3 aromatic rings. The molecular formula is C26H26N2O6S. The fourth-order valence-electron chi connectivity index (χ4n) is 3.19. The second-order valence-corrected chi connectivity index (χ2v) is 8.52. The summed E-state index contributed by atoms with van der Waals surface area (Å²) in [4.78, 5) is 55.7. The molecule has 0 fully saturated rings. The molecule has 2 aromatic carbocycles. The van der Waals surface area contributed by atoms with E-state index < -0.39 is 24.5 Å². The molecule has 1 aromatic heterocycles. The average molecular weight is 495 g/mol. The number of ether oxygens (including phenoxy) is 2. The number of benzene rings is 2. The Labute approximate surface area is 207 Å². The number of ketones is 1. The number of amides is 1. The van der Waals surface area contributed by atoms with Gasteiger partial charge in [-0.3, -0.25) is 19.3 Å². The molecule has 35 heavy (non-hydrogen) atoms. The Morgan fingerprint density at radius 2 is 1.57 bits per heavy atom. The van der Waals surface area contributed by atoms with Gasteiger partial charge < -0.3 is 9.47 Å². The third kappa shape index (κ3) is 7.31. The number of hydrogen-bond acceptors (Lipinski definition) is 8. The van der Waals surface area contributed by atoms with Crippen molar-refractivity contribution in [3.8, 4) is 0 Å². The zero-order valence-electron chi connectivity index (χ0n) is 19.6. The summed E-state index contributed by atoms with van der Waals surface area (Å²) in [5, 5.41) is 0.301. The molecule has 0 spiro atoms. The Morgan fingerprint density at radius 1 is 0.914 bits per heavy atom. The maximum Gasteiger partial charge on any atom is 0.350 e. The molecule has 0 aliphatic heterocycles. The second-order valence-electron chi connectivity index (χ2n) is 7.55. The lowest BCUT2D eigenvalue weighted by molar-refractivity contribution is -0.147. The zero-order chi connectivity index (χ0) is 25.2. The molecule has 0 atom stereocenters. The lowest BCUT2D eigenvalue weighted by atomic mass is 10.1. The first-order valence-electron chi connectivity index (χ1n) is 11.1. The topological polar surface area (TPSA) is 103 Å². The van der Waals surface area contributed by atoms with Crippen molar-refractivity contribution in [3.63, 3.8) is 0 Å². The van der Waals surface area contributed by atoms with E-state index in [9.17, 15) is 19.2 Å². The highest BCUT2D eigenvalue weighted by Gasteiger charge is 2.25. The van der Waals surface area contributed by atoms with E-state index in [1.54, 1.807) is 44.2 Å². The number of thiazole rings is 1. The number of rotatable bonds is 11. The lowest BCUT2D eigenvalue weighted by Gasteiger charge is -2.20. The number of hydrogen-bond donors (Lipinski definition) is 0. The van der Waals surface area contributed by atoms with Crippen LogP contribution in [0.2, 0.25) is 0 Å². The van der Waals surface area contributed by atoms with Crippen LogP contribution in [-0.4, -0.2) is 41.8 Å². The van der Waals surface area contributed by atoms with E-state index in [2.05, 4.69) is 4.98 Å². The molecule has 8 nitrogen and oxygen atoms in total. The van der Waals surface area contributed by atoms with E-state index >= 15 is 0 Å². The second kappa shape index (κ2) is 12.6. The third-order valence-corrected chi connectivity index (χ3v) is 6.13. The molecule has 3 rings (SSSR count). The Morgan fingerprint density at radius 3 is 2.23 bits per heavy atom. The molecule has 182 valence electrons. The van der Waals surface area contributed by atoms with Gasteiger partial charge in [0.2, 0.25) is 0 Å². The smallest absolute Gasteiger partial charge is 0.350 e. The van der Waals surface area contributed by atoms with Crippen molar-refractivity contribution in [3.05, 3.63) is 82.4 Å². The number of esters is 2. The van der Waals surface area contributed by atoms with Gasteiger partial charge in [0, 0.05) is 12.0 Å². The van der Waals surface area contributed by atoms with Crippen LogP contribution in [0.3, 0.4) is 0 Å². The van der Waals surface area contributed by atoms with Gasteiger partial charge in [-0.15, -0.1) is 0 Å². The van der Waals surface area contributed by atoms with Gasteiger partial charge in [0.05, 0.1) is 25.3 Å². The molecule has 0 saturated heterocycles. The van der Waals surface area contributed by atoms with Crippen molar-refractivity contribution in [1.82, 2.24) is 4.98 Å². The summed E-state index contributed by atoms with van der Waals surface area (Å²) in [7, 11) is 0. The predicted octanol–water partition coefficient (Wildman–Crippen LogP) is 4.37. The molecule has 1 heterocycles. The van der Waals surface area contributed by atoms with Crippen LogP contribution in [0.4, 0.5) is 5.13 Å². The van der Waals surface area contributed by atoms with Crippen LogP contribution in [0.1, 0.15) is 51.1 Å². The molecule has 0 aliphatic carbocycles. The van der Waals surface area contributed by atoms with Crippen molar-refractivity contribution in [2.24, 2.45) is 0 Å². The van der Waals surface area contributed by atoms with Gasteiger partial charge in [-0.25, -0.2) is 9.78 Å². The van der Waals surface area contributed by atoms with E-state index in [1.807, 2.05) is 30.3 Å². The molecule has 1 amide bonds. The van der Waals surface area contributed by atoms with E-state index in [0.29, 0.717) is 21.3 Å². The van der Waals surface area contributed by atoms with Crippen LogP contribution in [0, 0.1) is 6.92 Å². The van der Waals surface area contributed by atoms with Crippen LogP contribution in [0.25, 0.3) is 0 Å². The zero-order valence-corrected chi connectivity index (χ0v) is 20.4. The first kappa shape index (κ1) is 25.8. The summed E-state index contributed by atoms with van der Waals surface area (Å²) in [5.74, 6) is -1.83. The normalized spacial score (nSPS) is 10.5. The molecule has 9 heteroatoms. The Balaban J connectivity index is 1.67. The average Bonchev–Trinajstić information content (AvgIpc) is 3.26. The lowest BCUT2D eigenvalue weighted by Crippen LogP contribution is -2.34. The van der Waals surface area contributed by atoms with Gasteiger partial charge in [0.25, 0.3) is 5.91 Å². The number of anilines is 1. The minimum absolute atomic E-state index is 0.0145. The van der Waals surface area contributed by atoms with E-state index in [1.165, 1.54) is 4.90 Å². The summed E-state index contributed by atoms with van der Waals surface area (Å²) in [5.41, 5.74) is 1.80. The molecular weight excluding hydrogens is 468 g/mol. The van der Waals surface area contributed by atoms with E-state index in [4.69, 9.17) is 9.47 Å². The minimum Gasteiger partial charge on any atom is -0.462 e. The fourth-order valence-corrected chi connectivity index (χ4v) is 4.17. The maximum absolute atomic E-state index is 13.1. The third-order valence-electron chi connectivity index (χ3n) is 4.97. The van der Waals surface area contributed by atoms with Crippen LogP contribution in [0.15, 0.2) is 60.7 Å². The molecule has 0 unspecified atom stereocenters. The standard InChI is InChI=1S/C26H26N2O6S/c1-3-33-25(32)24-18(2)27-26(35-24)28(16-19-10-6-4-7-11-19)22(30)17-34-23(31)15-14-21(29)20-12-8-5-9-13-20/h4-13H,3,14-17H2,1-2H3. The van der Waals surface area contributed by atoms with Crippen molar-refractivity contribution >= 4 is 40.1 Å². The Bertz CT molecular complexity index is 1180. The highest BCUT2D eigenvalue weighted by molar-refractivity contribution is 7.17. The van der Waals surface area contributed by atoms with Gasteiger partial charge in [-0.1, -0.05) is 72.0 Å². The summed E-state index contributed by atoms with van der Waals surface area (Å²) >= 11 is 1.04. The highest BCUT2D eigenvalue weighted by Crippen LogP contribution is 2.28. The van der Waals surface area contributed by atoms with Crippen molar-refractivity contribution in [2.45, 2.75) is 33.2 Å². The summed E-state index contributed by atoms with van der Waals surface area (Å²) < 4.78 is 10.2. The number of aryl methyl sites for hydroxylation is 1. The van der Waals surface area contributed by atoms with Crippen LogP contribution in [0.5, 0.6) is 0 Å². The molecule has 0 radical (unpaired) electrons. The largest absolute Gasteiger partial charge is 0.462 e. The summed E-state index contributed by atoms with van der Waals surface area (Å²) in [6.45, 7) is 3.27. The maximum atomic E-state index is 13.1. The van der Waals surface area contributed by atoms with Gasteiger partial charge in [0.15, 0.2) is 17.5 Å². The summed E-state index contributed by atoms with van der Waals surface area (Å²) in [6, 6.07) is 17.9. The van der Waals surface area contributed by atoms with Crippen LogP contribution < -0.4 is 4.90 Å². The fraction of sp³-hybridized carbons (Fsp3) is 0.269. The van der Waals surface area contributed by atoms with Gasteiger partial charge in [-0.2, -0.15) is 0 Å². The number of carbonyl (C=O) groups is 4. The van der Waals surface area contributed by atoms with Crippen LogP contribution in [-0.2, 0) is 25.6 Å². The Hall–Kier alpha value is -3.85. The number of carbonyl (C=O) groups excluding carboxylic acids is 4. The summed E-state index contributed by atoms with van der Waals surface area (Å²) in [6.07, 6.45) is -0.150. The van der Waals surface area contributed by atoms with Crippen LogP contribution >= 0.6 is 11.3 Å². The van der Waals surface area contributed by atoms with Crippen molar-refractivity contribution < 1.29 is 28.7 Å². The van der Waals surface area contributed by atoms with Gasteiger partial charge >= 0.3 is 11.9 Å². The predicted molar refractivity (Wildman–Crippen MR) is 131 cm³/mol. The van der Waals surface area contributed by atoms with Crippen molar-refractivity contribution in [2.75, 3.05) is 18.1 Å². The number of aromatic nitrogens is 1. The van der Waals surface area contributed by atoms with E-state index in [0.717, 1.165) is 16.9 Å². The monoisotopic (exact) mass is 494 g/mol. The molecule has 0 saturated carbocycles. The first-order valence-corrected chi connectivity index (χ1v) is 11.9. The molecule has 0 N–H and O–H groups in total. The first-order chi connectivity index (χ1) is 16.9. The number of nitrogens with zero attached hydrogens (tertiary/aromatic N) is 2. The number of Topliss-reactive ketones (excluding diaryl/α,β-unsaturated/α-hetero) is 1. The van der Waals surface area contributed by atoms with E-state index in [-0.39, 0.29) is 31.8 Å². The molecule has 0 bridgehead atoms. The van der Waals surface area contributed by atoms with Crippen molar-refractivity contribution in [1.29, 1.82) is 0 Å².